The highest BCUT2D eigenvalue weighted by atomic mass is 16.4. The monoisotopic (exact) mass is 251 g/mol. The molecule has 1 atom stereocenters. The maximum Gasteiger partial charge on any atom is 0.326 e. The van der Waals surface area contributed by atoms with Crippen LogP contribution in [0.5, 0.6) is 0 Å². The summed E-state index contributed by atoms with van der Waals surface area (Å²) in [5, 5.41) is 11.4. The molecule has 0 spiro atoms. The third-order valence-corrected chi connectivity index (χ3v) is 2.33. The van der Waals surface area contributed by atoms with E-state index in [4.69, 9.17) is 10.8 Å². The maximum absolute atomic E-state index is 11.8. The molecule has 0 fully saturated rings. The van der Waals surface area contributed by atoms with Gasteiger partial charge in [-0.3, -0.25) is 4.79 Å². The van der Waals surface area contributed by atoms with E-state index in [1.807, 2.05) is 13.8 Å². The first kappa shape index (κ1) is 14.0. The van der Waals surface area contributed by atoms with Crippen molar-refractivity contribution in [1.82, 2.24) is 10.3 Å². The highest BCUT2D eigenvalue weighted by Crippen LogP contribution is 2.07. The van der Waals surface area contributed by atoms with Gasteiger partial charge in [-0.1, -0.05) is 13.8 Å². The lowest BCUT2D eigenvalue weighted by Crippen LogP contribution is -2.41. The molecule has 6 heteroatoms. The molecule has 1 aromatic rings. The first-order chi connectivity index (χ1) is 8.40. The van der Waals surface area contributed by atoms with E-state index in [9.17, 15) is 9.59 Å². The van der Waals surface area contributed by atoms with Gasteiger partial charge < -0.3 is 16.2 Å². The summed E-state index contributed by atoms with van der Waals surface area (Å²) in [5.74, 6) is -1.39. The van der Waals surface area contributed by atoms with Gasteiger partial charge in [0.2, 0.25) is 0 Å². The van der Waals surface area contributed by atoms with Crippen molar-refractivity contribution >= 4 is 17.6 Å². The molecule has 0 saturated heterocycles. The molecule has 1 rings (SSSR count). The number of nitrogen functional groups attached to an aromatic ring is 1. The van der Waals surface area contributed by atoms with Gasteiger partial charge >= 0.3 is 5.97 Å². The van der Waals surface area contributed by atoms with E-state index >= 15 is 0 Å². The first-order valence-corrected chi connectivity index (χ1v) is 5.65. The molecule has 98 valence electrons. The fourth-order valence-corrected chi connectivity index (χ4v) is 1.46. The van der Waals surface area contributed by atoms with Crippen molar-refractivity contribution in [1.29, 1.82) is 0 Å². The molecule has 1 aromatic heterocycles. The zero-order chi connectivity index (χ0) is 13.7. The summed E-state index contributed by atoms with van der Waals surface area (Å²) in [6.07, 6.45) is 1.73. The number of carboxylic acids is 1. The van der Waals surface area contributed by atoms with Crippen molar-refractivity contribution in [2.75, 3.05) is 5.73 Å². The molecule has 0 aliphatic carbocycles. The second-order valence-electron chi connectivity index (χ2n) is 4.47. The van der Waals surface area contributed by atoms with Crippen LogP contribution in [-0.2, 0) is 4.79 Å². The average molecular weight is 251 g/mol. The number of nitrogens with two attached hydrogens (primary N) is 1. The molecule has 0 bridgehead atoms. The normalized spacial score (nSPS) is 12.2. The van der Waals surface area contributed by atoms with Crippen LogP contribution in [0, 0.1) is 5.92 Å². The number of anilines is 1. The van der Waals surface area contributed by atoms with Gasteiger partial charge in [-0.05, 0) is 24.5 Å². The number of rotatable bonds is 5. The van der Waals surface area contributed by atoms with E-state index in [1.165, 1.54) is 12.3 Å². The van der Waals surface area contributed by atoms with Crippen LogP contribution >= 0.6 is 0 Å². The van der Waals surface area contributed by atoms with Crippen LogP contribution < -0.4 is 11.1 Å². The SMILES string of the molecule is CC(C)C[C@H](NC(=O)c1ccc(N)cn1)C(=O)O. The number of nitrogens with one attached hydrogen (secondary N) is 1. The lowest BCUT2D eigenvalue weighted by Gasteiger charge is -2.16. The van der Waals surface area contributed by atoms with Crippen LogP contribution in [-0.4, -0.2) is 28.0 Å². The number of nitrogens with zero attached hydrogens (tertiary/aromatic N) is 1. The van der Waals surface area contributed by atoms with E-state index in [0.29, 0.717) is 12.1 Å². The van der Waals surface area contributed by atoms with Crippen molar-refractivity contribution in [2.45, 2.75) is 26.3 Å². The summed E-state index contributed by atoms with van der Waals surface area (Å²) >= 11 is 0. The fraction of sp³-hybridized carbons (Fsp3) is 0.417. The van der Waals surface area contributed by atoms with E-state index < -0.39 is 17.9 Å². The summed E-state index contributed by atoms with van der Waals surface area (Å²) in [5.41, 5.74) is 6.05. The molecule has 0 aromatic carbocycles. The van der Waals surface area contributed by atoms with Crippen LogP contribution in [0.15, 0.2) is 18.3 Å². The molecular weight excluding hydrogens is 234 g/mol. The zero-order valence-corrected chi connectivity index (χ0v) is 10.4. The van der Waals surface area contributed by atoms with Crippen molar-refractivity contribution in [3.63, 3.8) is 0 Å². The maximum atomic E-state index is 11.8. The van der Waals surface area contributed by atoms with Crippen molar-refractivity contribution in [2.24, 2.45) is 5.92 Å². The number of carbonyl (C=O) groups is 2. The largest absolute Gasteiger partial charge is 0.480 e. The Morgan fingerprint density at radius 3 is 2.56 bits per heavy atom. The van der Waals surface area contributed by atoms with Crippen LogP contribution in [0.25, 0.3) is 0 Å². The molecule has 1 amide bonds. The van der Waals surface area contributed by atoms with Crippen molar-refractivity contribution in [3.8, 4) is 0 Å². The van der Waals surface area contributed by atoms with Crippen molar-refractivity contribution in [3.05, 3.63) is 24.0 Å². The Hall–Kier alpha value is -2.11. The second kappa shape index (κ2) is 6.00. The Bertz CT molecular complexity index is 429. The Morgan fingerprint density at radius 2 is 2.11 bits per heavy atom. The van der Waals surface area contributed by atoms with E-state index in [0.717, 1.165) is 0 Å². The van der Waals surface area contributed by atoms with Gasteiger partial charge in [-0.15, -0.1) is 0 Å². The van der Waals surface area contributed by atoms with E-state index in [-0.39, 0.29) is 11.6 Å². The Morgan fingerprint density at radius 1 is 1.44 bits per heavy atom. The van der Waals surface area contributed by atoms with Gasteiger partial charge in [-0.2, -0.15) is 0 Å². The van der Waals surface area contributed by atoms with Gasteiger partial charge in [0, 0.05) is 0 Å². The van der Waals surface area contributed by atoms with E-state index in [2.05, 4.69) is 10.3 Å². The summed E-state index contributed by atoms with van der Waals surface area (Å²) in [4.78, 5) is 26.6. The van der Waals surface area contributed by atoms with Gasteiger partial charge in [-0.25, -0.2) is 9.78 Å². The Balaban J connectivity index is 2.72. The van der Waals surface area contributed by atoms with Gasteiger partial charge in [0.05, 0.1) is 11.9 Å². The molecule has 0 aliphatic heterocycles. The van der Waals surface area contributed by atoms with Gasteiger partial charge in [0.1, 0.15) is 11.7 Å². The molecule has 0 radical (unpaired) electrons. The molecule has 18 heavy (non-hydrogen) atoms. The third-order valence-electron chi connectivity index (χ3n) is 2.33. The predicted molar refractivity (Wildman–Crippen MR) is 67.0 cm³/mol. The summed E-state index contributed by atoms with van der Waals surface area (Å²) in [6, 6.07) is 2.09. The number of pyridine rings is 1. The Kier molecular flexibility index (Phi) is 4.65. The molecule has 6 nitrogen and oxygen atoms in total. The zero-order valence-electron chi connectivity index (χ0n) is 10.4. The Labute approximate surface area is 105 Å². The topological polar surface area (TPSA) is 105 Å². The van der Waals surface area contributed by atoms with Crippen LogP contribution in [0.1, 0.15) is 30.8 Å². The van der Waals surface area contributed by atoms with Gasteiger partial charge in [0.25, 0.3) is 5.91 Å². The molecule has 0 saturated carbocycles. The molecule has 4 N–H and O–H groups in total. The number of carboxylic acid groups (broad SMARTS) is 1. The smallest absolute Gasteiger partial charge is 0.326 e. The van der Waals surface area contributed by atoms with Crippen LogP contribution in [0.4, 0.5) is 5.69 Å². The van der Waals surface area contributed by atoms with E-state index in [1.54, 1.807) is 6.07 Å². The lowest BCUT2D eigenvalue weighted by atomic mass is 10.0. The highest BCUT2D eigenvalue weighted by molar-refractivity contribution is 5.95. The summed E-state index contributed by atoms with van der Waals surface area (Å²) in [7, 11) is 0. The number of aromatic nitrogens is 1. The highest BCUT2D eigenvalue weighted by Gasteiger charge is 2.22. The van der Waals surface area contributed by atoms with Crippen molar-refractivity contribution < 1.29 is 14.7 Å². The predicted octanol–water partition coefficient (Wildman–Crippen LogP) is 0.893. The average Bonchev–Trinajstić information content (AvgIpc) is 2.28. The quantitative estimate of drug-likeness (QED) is 0.720. The number of hydrogen-bond acceptors (Lipinski definition) is 4. The second-order valence-corrected chi connectivity index (χ2v) is 4.47. The molecule has 1 heterocycles. The fourth-order valence-electron chi connectivity index (χ4n) is 1.46. The molecule has 0 unspecified atom stereocenters. The molecular formula is C12H17N3O3. The van der Waals surface area contributed by atoms with Gasteiger partial charge in [0.15, 0.2) is 0 Å². The number of aliphatic carboxylic acids is 1. The van der Waals surface area contributed by atoms with Crippen LogP contribution in [0.3, 0.4) is 0 Å². The standard InChI is InChI=1S/C12H17N3O3/c1-7(2)5-10(12(17)18)15-11(16)9-4-3-8(13)6-14-9/h3-4,6-7,10H,5,13H2,1-2H3,(H,15,16)(H,17,18)/t10-/m0/s1. The first-order valence-electron chi connectivity index (χ1n) is 5.65. The number of hydrogen-bond donors (Lipinski definition) is 3. The summed E-state index contributed by atoms with van der Waals surface area (Å²) in [6.45, 7) is 3.78. The summed E-state index contributed by atoms with van der Waals surface area (Å²) < 4.78 is 0. The number of carbonyl (C=O) groups excluding carboxylic acids is 1. The minimum atomic E-state index is -1.05. The number of amides is 1. The third kappa shape index (κ3) is 4.04. The van der Waals surface area contributed by atoms with Crippen LogP contribution in [0.2, 0.25) is 0 Å². The lowest BCUT2D eigenvalue weighted by molar-refractivity contribution is -0.139. The molecule has 0 aliphatic rings. The minimum absolute atomic E-state index is 0.152. The minimum Gasteiger partial charge on any atom is -0.480 e.